The van der Waals surface area contributed by atoms with E-state index in [-0.39, 0.29) is 0 Å². The standard InChI is InChI=1S/C6H6N4S/c1-3-4-5(10-11-3)6(7)9-2-8-4/h2H,1H3,(H2,7,8,9). The van der Waals surface area contributed by atoms with Gasteiger partial charge >= 0.3 is 0 Å². The van der Waals surface area contributed by atoms with Crippen LogP contribution in [0.25, 0.3) is 11.0 Å². The van der Waals surface area contributed by atoms with Crippen molar-refractivity contribution < 1.29 is 0 Å². The lowest BCUT2D eigenvalue weighted by Crippen LogP contribution is -1.91. The molecular weight excluding hydrogens is 160 g/mol. The molecule has 2 N–H and O–H groups in total. The highest BCUT2D eigenvalue weighted by molar-refractivity contribution is 7.07. The van der Waals surface area contributed by atoms with Crippen LogP contribution >= 0.6 is 11.5 Å². The summed E-state index contributed by atoms with van der Waals surface area (Å²) in [5, 5.41) is 0. The van der Waals surface area contributed by atoms with Gasteiger partial charge in [0, 0.05) is 4.88 Å². The quantitative estimate of drug-likeness (QED) is 0.633. The van der Waals surface area contributed by atoms with Gasteiger partial charge in [-0.1, -0.05) is 0 Å². The van der Waals surface area contributed by atoms with Crippen molar-refractivity contribution in [2.24, 2.45) is 0 Å². The number of aryl methyl sites for hydroxylation is 1. The second kappa shape index (κ2) is 2.13. The van der Waals surface area contributed by atoms with Gasteiger partial charge in [-0.05, 0) is 18.5 Å². The van der Waals surface area contributed by atoms with Gasteiger partial charge in [-0.25, -0.2) is 9.97 Å². The molecule has 5 heteroatoms. The number of nitrogen functional groups attached to an aromatic ring is 1. The maximum atomic E-state index is 5.56. The van der Waals surface area contributed by atoms with Crippen LogP contribution in [0.1, 0.15) is 4.88 Å². The summed E-state index contributed by atoms with van der Waals surface area (Å²) in [4.78, 5) is 8.97. The molecule has 4 nitrogen and oxygen atoms in total. The summed E-state index contributed by atoms with van der Waals surface area (Å²) >= 11 is 1.40. The lowest BCUT2D eigenvalue weighted by Gasteiger charge is -1.90. The van der Waals surface area contributed by atoms with Crippen LogP contribution in [-0.2, 0) is 0 Å². The van der Waals surface area contributed by atoms with Gasteiger partial charge in [-0.15, -0.1) is 0 Å². The molecule has 0 aliphatic carbocycles. The summed E-state index contributed by atoms with van der Waals surface area (Å²) < 4.78 is 4.11. The summed E-state index contributed by atoms with van der Waals surface area (Å²) in [7, 11) is 0. The predicted molar refractivity (Wildman–Crippen MR) is 44.4 cm³/mol. The monoisotopic (exact) mass is 166 g/mol. The van der Waals surface area contributed by atoms with Crippen LogP contribution in [-0.4, -0.2) is 14.3 Å². The molecule has 0 aliphatic rings. The van der Waals surface area contributed by atoms with E-state index in [2.05, 4.69) is 14.3 Å². The van der Waals surface area contributed by atoms with Gasteiger partial charge in [0.2, 0.25) is 0 Å². The van der Waals surface area contributed by atoms with Crippen molar-refractivity contribution >= 4 is 28.4 Å². The fraction of sp³-hybridized carbons (Fsp3) is 0.167. The highest BCUT2D eigenvalue weighted by Crippen LogP contribution is 2.21. The molecule has 0 aromatic carbocycles. The third-order valence-corrected chi connectivity index (χ3v) is 2.20. The van der Waals surface area contributed by atoms with Gasteiger partial charge in [0.1, 0.15) is 17.4 Å². The molecule has 56 valence electrons. The second-order valence-corrected chi connectivity index (χ2v) is 3.17. The summed E-state index contributed by atoms with van der Waals surface area (Å²) in [6.45, 7) is 1.96. The minimum Gasteiger partial charge on any atom is -0.382 e. The minimum absolute atomic E-state index is 0.458. The van der Waals surface area contributed by atoms with Crippen LogP contribution in [0.2, 0.25) is 0 Å². The molecule has 0 saturated heterocycles. The Balaban J connectivity index is 2.94. The zero-order valence-electron chi connectivity index (χ0n) is 5.90. The van der Waals surface area contributed by atoms with E-state index < -0.39 is 0 Å². The molecule has 0 spiro atoms. The largest absolute Gasteiger partial charge is 0.382 e. The SMILES string of the molecule is Cc1snc2c(N)ncnc12. The molecule has 2 rings (SSSR count). The van der Waals surface area contributed by atoms with Crippen molar-refractivity contribution in [3.8, 4) is 0 Å². The summed E-state index contributed by atoms with van der Waals surface area (Å²) in [5.41, 5.74) is 7.14. The topological polar surface area (TPSA) is 64.7 Å². The van der Waals surface area contributed by atoms with Crippen LogP contribution < -0.4 is 5.73 Å². The van der Waals surface area contributed by atoms with Gasteiger partial charge in [0.15, 0.2) is 5.82 Å². The van der Waals surface area contributed by atoms with E-state index in [1.165, 1.54) is 17.9 Å². The zero-order valence-corrected chi connectivity index (χ0v) is 6.72. The summed E-state index contributed by atoms with van der Waals surface area (Å²) in [5.74, 6) is 0.458. The number of fused-ring (bicyclic) bond motifs is 1. The molecule has 2 aromatic heterocycles. The third-order valence-electron chi connectivity index (χ3n) is 1.46. The van der Waals surface area contributed by atoms with Gasteiger partial charge in [0.25, 0.3) is 0 Å². The molecule has 2 aromatic rings. The van der Waals surface area contributed by atoms with E-state index in [4.69, 9.17) is 5.73 Å². The smallest absolute Gasteiger partial charge is 0.154 e. The van der Waals surface area contributed by atoms with E-state index in [0.29, 0.717) is 5.82 Å². The van der Waals surface area contributed by atoms with Crippen molar-refractivity contribution in [1.29, 1.82) is 0 Å². The Bertz CT molecular complexity index is 394. The number of nitrogens with zero attached hydrogens (tertiary/aromatic N) is 3. The summed E-state index contributed by atoms with van der Waals surface area (Å²) in [6, 6.07) is 0. The highest BCUT2D eigenvalue weighted by atomic mass is 32.1. The van der Waals surface area contributed by atoms with E-state index >= 15 is 0 Å². The first kappa shape index (κ1) is 6.48. The molecule has 0 unspecified atom stereocenters. The molecule has 11 heavy (non-hydrogen) atoms. The van der Waals surface area contributed by atoms with Crippen LogP contribution in [0, 0.1) is 6.92 Å². The number of hydrogen-bond donors (Lipinski definition) is 1. The number of rotatable bonds is 0. The van der Waals surface area contributed by atoms with E-state index in [0.717, 1.165) is 15.9 Å². The normalized spacial score (nSPS) is 10.6. The number of aromatic nitrogens is 3. The second-order valence-electron chi connectivity index (χ2n) is 2.19. The molecule has 0 fully saturated rings. The maximum absolute atomic E-state index is 5.56. The molecule has 0 bridgehead atoms. The molecule has 2 heterocycles. The summed E-state index contributed by atoms with van der Waals surface area (Å²) in [6.07, 6.45) is 1.46. The first-order chi connectivity index (χ1) is 5.29. The Kier molecular flexibility index (Phi) is 1.25. The Morgan fingerprint density at radius 2 is 2.18 bits per heavy atom. The van der Waals surface area contributed by atoms with Crippen molar-refractivity contribution in [2.75, 3.05) is 5.73 Å². The van der Waals surface area contributed by atoms with Gasteiger partial charge in [-0.2, -0.15) is 4.37 Å². The molecule has 0 amide bonds. The molecule has 0 aliphatic heterocycles. The molecular formula is C6H6N4S. The van der Waals surface area contributed by atoms with E-state index in [9.17, 15) is 0 Å². The lowest BCUT2D eigenvalue weighted by atomic mass is 10.4. The van der Waals surface area contributed by atoms with E-state index in [1.807, 2.05) is 6.92 Å². The third kappa shape index (κ3) is 0.848. The lowest BCUT2D eigenvalue weighted by molar-refractivity contribution is 1.22. The van der Waals surface area contributed by atoms with Crippen molar-refractivity contribution in [2.45, 2.75) is 6.92 Å². The van der Waals surface area contributed by atoms with Crippen molar-refractivity contribution in [3.63, 3.8) is 0 Å². The van der Waals surface area contributed by atoms with Crippen molar-refractivity contribution in [1.82, 2.24) is 14.3 Å². The zero-order chi connectivity index (χ0) is 7.84. The average molecular weight is 166 g/mol. The minimum atomic E-state index is 0.458. The fourth-order valence-corrected chi connectivity index (χ4v) is 1.54. The highest BCUT2D eigenvalue weighted by Gasteiger charge is 2.05. The molecule has 0 saturated carbocycles. The number of hydrogen-bond acceptors (Lipinski definition) is 5. The van der Waals surface area contributed by atoms with Crippen LogP contribution in [0.4, 0.5) is 5.82 Å². The number of nitrogens with two attached hydrogens (primary N) is 1. The molecule has 0 atom stereocenters. The Hall–Kier alpha value is -1.23. The van der Waals surface area contributed by atoms with Crippen LogP contribution in [0.15, 0.2) is 6.33 Å². The Labute approximate surface area is 67.3 Å². The maximum Gasteiger partial charge on any atom is 0.154 e. The van der Waals surface area contributed by atoms with Crippen molar-refractivity contribution in [3.05, 3.63) is 11.2 Å². The van der Waals surface area contributed by atoms with E-state index in [1.54, 1.807) is 0 Å². The first-order valence-electron chi connectivity index (χ1n) is 3.11. The van der Waals surface area contributed by atoms with Crippen LogP contribution in [0.3, 0.4) is 0 Å². The van der Waals surface area contributed by atoms with Gasteiger partial charge in [0.05, 0.1) is 0 Å². The fourth-order valence-electron chi connectivity index (χ4n) is 0.897. The molecule has 0 radical (unpaired) electrons. The number of anilines is 1. The van der Waals surface area contributed by atoms with Crippen LogP contribution in [0.5, 0.6) is 0 Å². The first-order valence-corrected chi connectivity index (χ1v) is 3.89. The Morgan fingerprint density at radius 3 is 2.91 bits per heavy atom. The van der Waals surface area contributed by atoms with Gasteiger partial charge in [-0.3, -0.25) is 0 Å². The average Bonchev–Trinajstić information content (AvgIpc) is 2.35. The predicted octanol–water partition coefficient (Wildman–Crippen LogP) is 0.977. The van der Waals surface area contributed by atoms with Gasteiger partial charge < -0.3 is 5.73 Å². The Morgan fingerprint density at radius 1 is 1.36 bits per heavy atom.